The van der Waals surface area contributed by atoms with Gasteiger partial charge in [0.2, 0.25) is 11.8 Å². The van der Waals surface area contributed by atoms with E-state index in [1.165, 1.54) is 6.33 Å². The molecule has 1 aromatic heterocycles. The molecule has 5 N–H and O–H groups in total. The Hall–Kier alpha value is -4.07. The Morgan fingerprint density at radius 3 is 2.38 bits per heavy atom. The molecule has 236 valence electrons. The van der Waals surface area contributed by atoms with Gasteiger partial charge in [-0.05, 0) is 46.7 Å². The molecule has 0 bridgehead atoms. The van der Waals surface area contributed by atoms with Crippen molar-refractivity contribution >= 4 is 23.6 Å². The normalized spacial score (nSPS) is 18.0. The van der Waals surface area contributed by atoms with E-state index in [1.807, 2.05) is 66.7 Å². The minimum atomic E-state index is -0.560. The molecule has 0 radical (unpaired) electrons. The second-order valence-electron chi connectivity index (χ2n) is 10.8. The Kier molecular flexibility index (Phi) is 11.7. The van der Waals surface area contributed by atoms with Gasteiger partial charge in [-0.2, -0.15) is 5.10 Å². The van der Waals surface area contributed by atoms with Gasteiger partial charge in [-0.25, -0.2) is 10.5 Å². The third-order valence-electron chi connectivity index (χ3n) is 7.53. The van der Waals surface area contributed by atoms with Crippen LogP contribution in [0.4, 0.5) is 0 Å². The fourth-order valence-corrected chi connectivity index (χ4v) is 5.87. The van der Waals surface area contributed by atoms with Gasteiger partial charge in [0.15, 0.2) is 11.4 Å². The van der Waals surface area contributed by atoms with E-state index in [-0.39, 0.29) is 31.1 Å². The standard InChI is InChI=1S/C33H37N5O6S/c39-19-22-8-10-25(11-9-22)29-17-28(20-45-33-35-21-36-37-33)43-32(44-29)26-14-12-24(13-15-26)27-5-3-4-23(16-27)18-34-30(40)6-1-2-7-31(41)38-42/h3-5,8-16,21,28-29,32,39,42H,1-2,6-7,17-20H2,(H,34,40)(H,38,41)(H,35,36,37). The number of benzene rings is 3. The zero-order chi connectivity index (χ0) is 31.4. The molecule has 3 unspecified atom stereocenters. The predicted molar refractivity (Wildman–Crippen MR) is 168 cm³/mol. The number of hydrogen-bond donors (Lipinski definition) is 5. The van der Waals surface area contributed by atoms with E-state index in [2.05, 4.69) is 26.6 Å². The van der Waals surface area contributed by atoms with Crippen molar-refractivity contribution in [2.24, 2.45) is 0 Å². The Morgan fingerprint density at radius 1 is 0.911 bits per heavy atom. The summed E-state index contributed by atoms with van der Waals surface area (Å²) in [6.45, 7) is 0.396. The van der Waals surface area contributed by atoms with Gasteiger partial charge >= 0.3 is 0 Å². The number of thioether (sulfide) groups is 1. The fourth-order valence-electron chi connectivity index (χ4n) is 5.07. The highest BCUT2D eigenvalue weighted by Crippen LogP contribution is 2.39. The first-order valence-electron chi connectivity index (χ1n) is 14.9. The summed E-state index contributed by atoms with van der Waals surface area (Å²) in [5.41, 5.74) is 7.42. The van der Waals surface area contributed by atoms with Crippen LogP contribution in [0, 0.1) is 0 Å². The molecule has 0 spiro atoms. The lowest BCUT2D eigenvalue weighted by Gasteiger charge is -2.36. The number of carbonyl (C=O) groups excluding carboxylic acids is 2. The Balaban J connectivity index is 1.21. The van der Waals surface area contributed by atoms with Crippen LogP contribution >= 0.6 is 11.8 Å². The molecule has 11 nitrogen and oxygen atoms in total. The number of amides is 2. The lowest BCUT2D eigenvalue weighted by atomic mass is 9.99. The highest BCUT2D eigenvalue weighted by Gasteiger charge is 2.32. The summed E-state index contributed by atoms with van der Waals surface area (Å²) in [6.07, 6.45) is 2.94. The Morgan fingerprint density at radius 2 is 1.67 bits per heavy atom. The molecule has 1 saturated heterocycles. The highest BCUT2D eigenvalue weighted by molar-refractivity contribution is 7.99. The largest absolute Gasteiger partial charge is 0.392 e. The van der Waals surface area contributed by atoms with E-state index in [0.717, 1.165) is 38.5 Å². The lowest BCUT2D eigenvalue weighted by molar-refractivity contribution is -0.245. The number of aromatic nitrogens is 3. The number of rotatable bonds is 14. The molecular weight excluding hydrogens is 594 g/mol. The third kappa shape index (κ3) is 9.46. The summed E-state index contributed by atoms with van der Waals surface area (Å²) in [4.78, 5) is 27.5. The first kappa shape index (κ1) is 32.3. The van der Waals surface area contributed by atoms with Crippen molar-refractivity contribution in [1.82, 2.24) is 26.0 Å². The summed E-state index contributed by atoms with van der Waals surface area (Å²) in [6, 6.07) is 24.0. The molecule has 5 rings (SSSR count). The van der Waals surface area contributed by atoms with Gasteiger partial charge in [-0.15, -0.1) is 0 Å². The molecule has 4 aromatic rings. The van der Waals surface area contributed by atoms with Crippen molar-refractivity contribution in [2.45, 2.75) is 68.9 Å². The smallest absolute Gasteiger partial charge is 0.243 e. The molecule has 2 amide bonds. The van der Waals surface area contributed by atoms with E-state index < -0.39 is 12.2 Å². The van der Waals surface area contributed by atoms with Gasteiger partial charge in [0.25, 0.3) is 0 Å². The summed E-state index contributed by atoms with van der Waals surface area (Å²) in [7, 11) is 0. The number of unbranched alkanes of at least 4 members (excludes halogenated alkanes) is 1. The molecule has 1 aliphatic heterocycles. The highest BCUT2D eigenvalue weighted by atomic mass is 32.2. The minimum Gasteiger partial charge on any atom is -0.392 e. The fraction of sp³-hybridized carbons (Fsp3) is 0.333. The molecule has 12 heteroatoms. The minimum absolute atomic E-state index is 0.00701. The van der Waals surface area contributed by atoms with E-state index in [0.29, 0.717) is 38.0 Å². The van der Waals surface area contributed by atoms with Crippen molar-refractivity contribution in [3.05, 3.63) is 101 Å². The zero-order valence-corrected chi connectivity index (χ0v) is 25.5. The molecule has 3 aromatic carbocycles. The molecule has 1 aliphatic rings. The van der Waals surface area contributed by atoms with Gasteiger partial charge in [0, 0.05) is 37.1 Å². The number of H-pyrrole nitrogens is 1. The molecule has 0 aliphatic carbocycles. The van der Waals surface area contributed by atoms with Crippen molar-refractivity contribution in [2.75, 3.05) is 5.75 Å². The van der Waals surface area contributed by atoms with Crippen LogP contribution in [0.25, 0.3) is 11.1 Å². The van der Waals surface area contributed by atoms with Crippen LogP contribution in [0.5, 0.6) is 0 Å². The van der Waals surface area contributed by atoms with Gasteiger partial charge in [0.1, 0.15) is 6.33 Å². The van der Waals surface area contributed by atoms with Gasteiger partial charge in [-0.3, -0.25) is 19.9 Å². The number of hydroxylamine groups is 1. The average Bonchev–Trinajstić information content (AvgIpc) is 3.62. The number of carbonyl (C=O) groups is 2. The summed E-state index contributed by atoms with van der Waals surface area (Å²) < 4.78 is 12.9. The first-order chi connectivity index (χ1) is 22.0. The number of hydrogen-bond acceptors (Lipinski definition) is 9. The maximum Gasteiger partial charge on any atom is 0.243 e. The van der Waals surface area contributed by atoms with Gasteiger partial charge in [0.05, 0.1) is 18.8 Å². The topological polar surface area (TPSA) is 159 Å². The maximum absolute atomic E-state index is 12.2. The van der Waals surface area contributed by atoms with Crippen LogP contribution in [0.1, 0.15) is 66.8 Å². The number of nitrogens with zero attached hydrogens (tertiary/aromatic N) is 2. The number of ether oxygens (including phenoxy) is 2. The Bertz CT molecular complexity index is 1520. The quantitative estimate of drug-likeness (QED) is 0.0560. The summed E-state index contributed by atoms with van der Waals surface area (Å²) in [5.74, 6) is 0.153. The molecule has 3 atom stereocenters. The van der Waals surface area contributed by atoms with Crippen LogP contribution in [-0.2, 0) is 32.2 Å². The van der Waals surface area contributed by atoms with Crippen LogP contribution in [0.2, 0.25) is 0 Å². The van der Waals surface area contributed by atoms with Crippen molar-refractivity contribution in [3.8, 4) is 11.1 Å². The maximum atomic E-state index is 12.2. The zero-order valence-electron chi connectivity index (χ0n) is 24.7. The van der Waals surface area contributed by atoms with Crippen molar-refractivity contribution in [1.29, 1.82) is 0 Å². The predicted octanol–water partition coefficient (Wildman–Crippen LogP) is 4.98. The lowest BCUT2D eigenvalue weighted by Crippen LogP contribution is -2.31. The first-order valence-corrected chi connectivity index (χ1v) is 15.9. The summed E-state index contributed by atoms with van der Waals surface area (Å²) in [5, 5.41) is 28.5. The third-order valence-corrected chi connectivity index (χ3v) is 8.54. The van der Waals surface area contributed by atoms with Gasteiger partial charge in [-0.1, -0.05) is 78.5 Å². The average molecular weight is 632 g/mol. The van der Waals surface area contributed by atoms with Crippen molar-refractivity contribution in [3.63, 3.8) is 0 Å². The molecule has 1 fully saturated rings. The number of aliphatic hydroxyl groups is 1. The van der Waals surface area contributed by atoms with Crippen LogP contribution in [-0.4, -0.2) is 49.2 Å². The molecule has 45 heavy (non-hydrogen) atoms. The second kappa shape index (κ2) is 16.3. The number of aromatic amines is 1. The van der Waals surface area contributed by atoms with E-state index >= 15 is 0 Å². The summed E-state index contributed by atoms with van der Waals surface area (Å²) >= 11 is 1.56. The number of aliphatic hydroxyl groups excluding tert-OH is 1. The molecule has 0 saturated carbocycles. The van der Waals surface area contributed by atoms with Crippen LogP contribution in [0.15, 0.2) is 84.3 Å². The monoisotopic (exact) mass is 631 g/mol. The van der Waals surface area contributed by atoms with E-state index in [1.54, 1.807) is 17.2 Å². The van der Waals surface area contributed by atoms with Crippen LogP contribution in [0.3, 0.4) is 0 Å². The van der Waals surface area contributed by atoms with Crippen molar-refractivity contribution < 1.29 is 29.4 Å². The van der Waals surface area contributed by atoms with E-state index in [9.17, 15) is 14.7 Å². The SMILES string of the molecule is O=C(CCCCC(=O)NCc1cccc(-c2ccc(C3OC(CSc4ncn[nH]4)CC(c4ccc(CO)cc4)O3)cc2)c1)NO. The van der Waals surface area contributed by atoms with E-state index in [4.69, 9.17) is 14.7 Å². The Labute approximate surface area is 265 Å². The van der Waals surface area contributed by atoms with Gasteiger partial charge < -0.3 is 19.9 Å². The van der Waals surface area contributed by atoms with Crippen LogP contribution < -0.4 is 10.8 Å². The molecule has 2 heterocycles. The second-order valence-corrected chi connectivity index (χ2v) is 11.8. The molecular formula is C33H37N5O6S. The number of nitrogens with one attached hydrogen (secondary N) is 3.